The lowest BCUT2D eigenvalue weighted by atomic mass is 10.0. The highest BCUT2D eigenvalue weighted by atomic mass is 32.1. The Morgan fingerprint density at radius 2 is 1.49 bits per heavy atom. The molecule has 0 bridgehead atoms. The molecule has 0 unspecified atom stereocenters. The molecule has 0 spiro atoms. The van der Waals surface area contributed by atoms with Crippen LogP contribution in [-0.4, -0.2) is 61.1 Å². The number of carbonyl (C=O) groups excluding carboxylic acids is 3. The zero-order valence-corrected chi connectivity index (χ0v) is 23.1. The van der Waals surface area contributed by atoms with Crippen LogP contribution in [0, 0.1) is 0 Å². The Morgan fingerprint density at radius 3 is 2.10 bits per heavy atom. The van der Waals surface area contributed by atoms with E-state index in [-0.39, 0.29) is 16.9 Å². The van der Waals surface area contributed by atoms with E-state index >= 15 is 0 Å². The summed E-state index contributed by atoms with van der Waals surface area (Å²) in [7, 11) is 1.32. The molecule has 3 aromatic carbocycles. The van der Waals surface area contributed by atoms with E-state index in [0.717, 1.165) is 11.3 Å². The molecule has 3 aromatic rings. The second-order valence-corrected chi connectivity index (χ2v) is 9.96. The Labute approximate surface area is 233 Å². The average Bonchev–Trinajstić information content (AvgIpc) is 2.96. The summed E-state index contributed by atoms with van der Waals surface area (Å²) in [5, 5.41) is 5.91. The van der Waals surface area contributed by atoms with Gasteiger partial charge >= 0.3 is 5.97 Å². The van der Waals surface area contributed by atoms with Gasteiger partial charge in [0.15, 0.2) is 5.11 Å². The monoisotopic (exact) mass is 544 g/mol. The number of hydrogen-bond donors (Lipinski definition) is 2. The molecule has 1 fully saturated rings. The lowest BCUT2D eigenvalue weighted by Gasteiger charge is -2.37. The standard InChI is InChI=1S/C30H32N4O4S/c1-20(2)21-9-11-22(12-10-21)27(35)32-30(39)31-25-19-24(29(37)38-3)13-14-26(25)33-15-17-34(18-16-33)28(36)23-7-5-4-6-8-23/h4-14,19-20H,15-18H2,1-3H3,(H2,31,32,35,39). The molecule has 4 rings (SSSR count). The van der Waals surface area contributed by atoms with Crippen LogP contribution < -0.4 is 15.5 Å². The van der Waals surface area contributed by atoms with E-state index in [1.165, 1.54) is 7.11 Å². The fraction of sp³-hybridized carbons (Fsp3) is 0.267. The van der Waals surface area contributed by atoms with Crippen molar-refractivity contribution in [1.29, 1.82) is 0 Å². The van der Waals surface area contributed by atoms with Crippen molar-refractivity contribution in [1.82, 2.24) is 10.2 Å². The van der Waals surface area contributed by atoms with Gasteiger partial charge in [0.05, 0.1) is 24.0 Å². The Bertz CT molecular complexity index is 1350. The van der Waals surface area contributed by atoms with Crippen molar-refractivity contribution in [3.8, 4) is 0 Å². The predicted octanol–water partition coefficient (Wildman–Crippen LogP) is 4.69. The lowest BCUT2D eigenvalue weighted by Crippen LogP contribution is -2.49. The molecule has 202 valence electrons. The van der Waals surface area contributed by atoms with Crippen molar-refractivity contribution >= 4 is 46.5 Å². The van der Waals surface area contributed by atoms with Crippen molar-refractivity contribution in [3.05, 3.63) is 95.1 Å². The summed E-state index contributed by atoms with van der Waals surface area (Å²) in [5.41, 5.74) is 4.00. The largest absolute Gasteiger partial charge is 0.465 e. The molecule has 1 aliphatic heterocycles. The third kappa shape index (κ3) is 6.80. The average molecular weight is 545 g/mol. The van der Waals surface area contributed by atoms with Gasteiger partial charge in [-0.3, -0.25) is 14.9 Å². The molecule has 1 saturated heterocycles. The van der Waals surface area contributed by atoms with Crippen molar-refractivity contribution in [2.24, 2.45) is 0 Å². The Balaban J connectivity index is 1.47. The summed E-state index contributed by atoms with van der Waals surface area (Å²) in [6.07, 6.45) is 0. The number of amides is 2. The smallest absolute Gasteiger partial charge is 0.337 e. The van der Waals surface area contributed by atoms with Crippen LogP contribution in [0.2, 0.25) is 0 Å². The van der Waals surface area contributed by atoms with Crippen LogP contribution in [0.3, 0.4) is 0 Å². The highest BCUT2D eigenvalue weighted by molar-refractivity contribution is 7.80. The van der Waals surface area contributed by atoms with Crippen molar-refractivity contribution in [2.75, 3.05) is 43.5 Å². The SMILES string of the molecule is COC(=O)c1ccc(N2CCN(C(=O)c3ccccc3)CC2)c(NC(=S)NC(=O)c2ccc(C(C)C)cc2)c1. The van der Waals surface area contributed by atoms with Gasteiger partial charge in [0.25, 0.3) is 11.8 Å². The van der Waals surface area contributed by atoms with E-state index in [4.69, 9.17) is 17.0 Å². The number of thiocarbonyl (C=S) groups is 1. The zero-order valence-electron chi connectivity index (χ0n) is 22.3. The van der Waals surface area contributed by atoms with Crippen LogP contribution in [0.25, 0.3) is 0 Å². The summed E-state index contributed by atoms with van der Waals surface area (Å²) in [5.74, 6) is -0.451. The predicted molar refractivity (Wildman–Crippen MR) is 157 cm³/mol. The molecule has 1 heterocycles. The fourth-order valence-electron chi connectivity index (χ4n) is 4.42. The number of piperazine rings is 1. The topological polar surface area (TPSA) is 91.0 Å². The first-order chi connectivity index (χ1) is 18.8. The van der Waals surface area contributed by atoms with Crippen LogP contribution >= 0.6 is 12.2 Å². The minimum Gasteiger partial charge on any atom is -0.465 e. The Kier molecular flexibility index (Phi) is 8.93. The molecule has 0 saturated carbocycles. The van der Waals surface area contributed by atoms with Crippen molar-refractivity contribution < 1.29 is 19.1 Å². The van der Waals surface area contributed by atoms with E-state index in [1.807, 2.05) is 53.4 Å². The molecule has 0 aliphatic carbocycles. The molecule has 9 heteroatoms. The summed E-state index contributed by atoms with van der Waals surface area (Å²) in [6.45, 7) is 6.45. The van der Waals surface area contributed by atoms with Gasteiger partial charge in [0.2, 0.25) is 0 Å². The number of ether oxygens (including phenoxy) is 1. The maximum atomic E-state index is 12.9. The molecular formula is C30H32N4O4S. The second kappa shape index (κ2) is 12.5. The first-order valence-corrected chi connectivity index (χ1v) is 13.2. The second-order valence-electron chi connectivity index (χ2n) is 9.55. The third-order valence-corrected chi connectivity index (χ3v) is 6.86. The molecule has 2 N–H and O–H groups in total. The van der Waals surface area contributed by atoms with Crippen molar-refractivity contribution in [3.63, 3.8) is 0 Å². The number of hydrogen-bond acceptors (Lipinski definition) is 6. The van der Waals surface area contributed by atoms with Gasteiger partial charge < -0.3 is 19.9 Å². The number of methoxy groups -OCH3 is 1. The molecule has 0 radical (unpaired) electrons. The third-order valence-electron chi connectivity index (χ3n) is 6.66. The Hall–Kier alpha value is -4.24. The molecule has 2 amide bonds. The van der Waals surface area contributed by atoms with Gasteiger partial charge in [0.1, 0.15) is 0 Å². The quantitative estimate of drug-likeness (QED) is 0.344. The van der Waals surface area contributed by atoms with Crippen molar-refractivity contribution in [2.45, 2.75) is 19.8 Å². The summed E-state index contributed by atoms with van der Waals surface area (Å²) in [6, 6.07) is 21.8. The Morgan fingerprint density at radius 1 is 0.846 bits per heavy atom. The number of carbonyl (C=O) groups is 3. The fourth-order valence-corrected chi connectivity index (χ4v) is 4.62. The van der Waals surface area contributed by atoms with Crippen LogP contribution in [0.1, 0.15) is 56.4 Å². The van der Waals surface area contributed by atoms with Crippen LogP contribution in [-0.2, 0) is 4.74 Å². The molecule has 0 atom stereocenters. The van der Waals surface area contributed by atoms with E-state index in [9.17, 15) is 14.4 Å². The van der Waals surface area contributed by atoms with Gasteiger partial charge in [-0.1, -0.05) is 44.2 Å². The summed E-state index contributed by atoms with van der Waals surface area (Å²) < 4.78 is 4.89. The first kappa shape index (κ1) is 27.8. The molecule has 39 heavy (non-hydrogen) atoms. The van der Waals surface area contributed by atoms with E-state index in [0.29, 0.717) is 54.5 Å². The van der Waals surface area contributed by atoms with Crippen LogP contribution in [0.5, 0.6) is 0 Å². The number of nitrogens with one attached hydrogen (secondary N) is 2. The minimum absolute atomic E-state index is 0.0000419. The molecule has 0 aromatic heterocycles. The van der Waals surface area contributed by atoms with E-state index in [2.05, 4.69) is 29.4 Å². The van der Waals surface area contributed by atoms with Crippen LogP contribution in [0.4, 0.5) is 11.4 Å². The zero-order chi connectivity index (χ0) is 27.9. The summed E-state index contributed by atoms with van der Waals surface area (Å²) in [4.78, 5) is 41.8. The van der Waals surface area contributed by atoms with Gasteiger partial charge in [-0.25, -0.2) is 4.79 Å². The number of anilines is 2. The maximum Gasteiger partial charge on any atom is 0.337 e. The number of nitrogens with zero attached hydrogens (tertiary/aromatic N) is 2. The van der Waals surface area contributed by atoms with Gasteiger partial charge in [-0.15, -0.1) is 0 Å². The lowest BCUT2D eigenvalue weighted by molar-refractivity contribution is 0.0600. The van der Waals surface area contributed by atoms with E-state index in [1.54, 1.807) is 24.3 Å². The molecular weight excluding hydrogens is 512 g/mol. The summed E-state index contributed by atoms with van der Waals surface area (Å²) >= 11 is 5.45. The van der Waals surface area contributed by atoms with Gasteiger partial charge in [0, 0.05) is 37.3 Å². The normalized spacial score (nSPS) is 13.1. The number of rotatable bonds is 6. The van der Waals surface area contributed by atoms with Gasteiger partial charge in [-0.05, 0) is 66.2 Å². The van der Waals surface area contributed by atoms with Gasteiger partial charge in [-0.2, -0.15) is 0 Å². The minimum atomic E-state index is -0.483. The number of esters is 1. The number of benzene rings is 3. The highest BCUT2D eigenvalue weighted by Gasteiger charge is 2.24. The maximum absolute atomic E-state index is 12.9. The highest BCUT2D eigenvalue weighted by Crippen LogP contribution is 2.29. The molecule has 1 aliphatic rings. The van der Waals surface area contributed by atoms with E-state index < -0.39 is 5.97 Å². The molecule has 8 nitrogen and oxygen atoms in total. The first-order valence-electron chi connectivity index (χ1n) is 12.8. The van der Waals surface area contributed by atoms with Crippen LogP contribution in [0.15, 0.2) is 72.8 Å².